The minimum absolute atomic E-state index is 0.0706. The van der Waals surface area contributed by atoms with Crippen molar-refractivity contribution < 1.29 is 9.47 Å². The number of hydrogen-bond donors (Lipinski definition) is 1. The number of methoxy groups -OCH3 is 2. The van der Waals surface area contributed by atoms with Gasteiger partial charge in [-0.25, -0.2) is 4.98 Å². The third-order valence-electron chi connectivity index (χ3n) is 3.76. The minimum Gasteiger partial charge on any atom is -0.377 e. The predicted octanol–water partition coefficient (Wildman–Crippen LogP) is 1.97. The number of aromatic nitrogens is 2. The molecule has 0 spiro atoms. The van der Waals surface area contributed by atoms with E-state index in [0.717, 1.165) is 35.7 Å². The van der Waals surface area contributed by atoms with Crippen LogP contribution in [0.3, 0.4) is 0 Å². The zero-order valence-corrected chi connectivity index (χ0v) is 13.3. The van der Waals surface area contributed by atoms with Gasteiger partial charge in [-0.05, 0) is 18.4 Å². The van der Waals surface area contributed by atoms with E-state index in [0.29, 0.717) is 5.95 Å². The second-order valence-electron chi connectivity index (χ2n) is 4.99. The molecule has 21 heavy (non-hydrogen) atoms. The Morgan fingerprint density at radius 1 is 1.29 bits per heavy atom. The molecule has 1 aliphatic rings. The average Bonchev–Trinajstić information content (AvgIpc) is 3.12. The molecule has 0 bridgehead atoms. The average molecular weight is 308 g/mol. The van der Waals surface area contributed by atoms with Crippen LogP contribution in [-0.2, 0) is 9.47 Å². The van der Waals surface area contributed by atoms with Gasteiger partial charge in [-0.2, -0.15) is 4.98 Å². The number of anilines is 2. The van der Waals surface area contributed by atoms with Gasteiger partial charge in [0.15, 0.2) is 0 Å². The predicted molar refractivity (Wildman–Crippen MR) is 85.4 cm³/mol. The fraction of sp³-hybridized carbons (Fsp3) is 0.571. The molecule has 0 amide bonds. The first-order valence-electron chi connectivity index (χ1n) is 7.06. The van der Waals surface area contributed by atoms with E-state index in [9.17, 15) is 0 Å². The largest absolute Gasteiger partial charge is 0.377 e. The maximum Gasteiger partial charge on any atom is 0.226 e. The summed E-state index contributed by atoms with van der Waals surface area (Å²) >= 11 is 1.63. The van der Waals surface area contributed by atoms with Gasteiger partial charge < -0.3 is 19.7 Å². The molecule has 7 heteroatoms. The standard InChI is InChI=1S/C14H20N4O2S/c1-4-15-14-16-12(9-5-6-21-13(9)17-14)18-7-10(19-2)11(8-18)20-3/h5-6,10-11H,4,7-8H2,1-3H3,(H,15,16,17). The van der Waals surface area contributed by atoms with Crippen molar-refractivity contribution in [1.82, 2.24) is 9.97 Å². The van der Waals surface area contributed by atoms with Crippen LogP contribution in [0.1, 0.15) is 6.92 Å². The quantitative estimate of drug-likeness (QED) is 0.911. The molecular formula is C14H20N4O2S. The van der Waals surface area contributed by atoms with E-state index >= 15 is 0 Å². The summed E-state index contributed by atoms with van der Waals surface area (Å²) in [6.45, 7) is 4.40. The van der Waals surface area contributed by atoms with Crippen molar-refractivity contribution in [3.63, 3.8) is 0 Å². The molecule has 1 aliphatic heterocycles. The van der Waals surface area contributed by atoms with Crippen LogP contribution >= 0.6 is 11.3 Å². The van der Waals surface area contributed by atoms with Crippen LogP contribution < -0.4 is 10.2 Å². The summed E-state index contributed by atoms with van der Waals surface area (Å²) in [5.74, 6) is 1.64. The summed E-state index contributed by atoms with van der Waals surface area (Å²) < 4.78 is 11.0. The normalized spacial score (nSPS) is 22.1. The van der Waals surface area contributed by atoms with E-state index in [-0.39, 0.29) is 12.2 Å². The Kier molecular flexibility index (Phi) is 4.23. The van der Waals surface area contributed by atoms with Crippen LogP contribution in [0.2, 0.25) is 0 Å². The van der Waals surface area contributed by atoms with Crippen LogP contribution in [-0.4, -0.2) is 56.0 Å². The molecular weight excluding hydrogens is 288 g/mol. The number of fused-ring (bicyclic) bond motifs is 1. The molecule has 3 heterocycles. The summed E-state index contributed by atoms with van der Waals surface area (Å²) in [6.07, 6.45) is 0.141. The van der Waals surface area contributed by atoms with Crippen molar-refractivity contribution in [3.05, 3.63) is 11.4 Å². The highest BCUT2D eigenvalue weighted by molar-refractivity contribution is 7.16. The molecule has 0 radical (unpaired) electrons. The van der Waals surface area contributed by atoms with E-state index in [4.69, 9.17) is 9.47 Å². The summed E-state index contributed by atoms with van der Waals surface area (Å²) in [7, 11) is 3.45. The van der Waals surface area contributed by atoms with Gasteiger partial charge in [0.1, 0.15) is 22.9 Å². The number of rotatable bonds is 5. The number of hydrogen-bond acceptors (Lipinski definition) is 7. The van der Waals surface area contributed by atoms with Gasteiger partial charge in [-0.1, -0.05) is 0 Å². The molecule has 2 aromatic rings. The maximum atomic E-state index is 5.51. The van der Waals surface area contributed by atoms with Gasteiger partial charge in [0, 0.05) is 33.9 Å². The second-order valence-corrected chi connectivity index (χ2v) is 5.89. The van der Waals surface area contributed by atoms with Crippen molar-refractivity contribution in [2.24, 2.45) is 0 Å². The fourth-order valence-corrected chi connectivity index (χ4v) is 3.45. The zero-order chi connectivity index (χ0) is 14.8. The van der Waals surface area contributed by atoms with Crippen molar-refractivity contribution in [3.8, 4) is 0 Å². The Labute approximate surface area is 128 Å². The highest BCUT2D eigenvalue weighted by atomic mass is 32.1. The lowest BCUT2D eigenvalue weighted by Gasteiger charge is -2.18. The van der Waals surface area contributed by atoms with E-state index in [1.165, 1.54) is 0 Å². The lowest BCUT2D eigenvalue weighted by atomic mass is 10.3. The Hall–Kier alpha value is -1.44. The monoisotopic (exact) mass is 308 g/mol. The zero-order valence-electron chi connectivity index (χ0n) is 12.5. The van der Waals surface area contributed by atoms with Crippen LogP contribution in [0.4, 0.5) is 11.8 Å². The van der Waals surface area contributed by atoms with Gasteiger partial charge in [0.05, 0.1) is 5.39 Å². The molecule has 0 saturated carbocycles. The second kappa shape index (κ2) is 6.13. The first kappa shape index (κ1) is 14.5. The molecule has 1 N–H and O–H groups in total. The van der Waals surface area contributed by atoms with Crippen LogP contribution in [0, 0.1) is 0 Å². The molecule has 2 aromatic heterocycles. The SMILES string of the molecule is CCNc1nc(N2CC(OC)C(OC)C2)c2ccsc2n1. The van der Waals surface area contributed by atoms with Crippen molar-refractivity contribution in [1.29, 1.82) is 0 Å². The Morgan fingerprint density at radius 2 is 2.00 bits per heavy atom. The van der Waals surface area contributed by atoms with E-state index in [1.54, 1.807) is 25.6 Å². The summed E-state index contributed by atoms with van der Waals surface area (Å²) in [5.41, 5.74) is 0. The first-order chi connectivity index (χ1) is 10.3. The Morgan fingerprint density at radius 3 is 2.62 bits per heavy atom. The number of thiophene rings is 1. The topological polar surface area (TPSA) is 59.5 Å². The molecule has 114 valence electrons. The van der Waals surface area contributed by atoms with E-state index in [2.05, 4.69) is 31.6 Å². The van der Waals surface area contributed by atoms with Gasteiger partial charge in [-0.3, -0.25) is 0 Å². The summed E-state index contributed by atoms with van der Waals surface area (Å²) in [6, 6.07) is 2.08. The summed E-state index contributed by atoms with van der Waals surface area (Å²) in [4.78, 5) is 12.5. The lowest BCUT2D eigenvalue weighted by Crippen LogP contribution is -2.27. The number of nitrogens with one attached hydrogen (secondary N) is 1. The molecule has 0 aliphatic carbocycles. The minimum atomic E-state index is 0.0706. The molecule has 1 saturated heterocycles. The lowest BCUT2D eigenvalue weighted by molar-refractivity contribution is -0.00461. The molecule has 1 fully saturated rings. The highest BCUT2D eigenvalue weighted by Crippen LogP contribution is 2.32. The third kappa shape index (κ3) is 2.68. The van der Waals surface area contributed by atoms with Gasteiger partial charge in [0.25, 0.3) is 0 Å². The maximum absolute atomic E-state index is 5.51. The Bertz CT molecular complexity index is 606. The molecule has 2 unspecified atom stereocenters. The third-order valence-corrected chi connectivity index (χ3v) is 4.57. The molecule has 6 nitrogen and oxygen atoms in total. The van der Waals surface area contributed by atoms with Crippen molar-refractivity contribution in [2.75, 3.05) is 44.1 Å². The number of nitrogens with zero attached hydrogens (tertiary/aromatic N) is 3. The fourth-order valence-electron chi connectivity index (χ4n) is 2.69. The molecule has 2 atom stereocenters. The first-order valence-corrected chi connectivity index (χ1v) is 7.94. The van der Waals surface area contributed by atoms with Crippen LogP contribution in [0.15, 0.2) is 11.4 Å². The highest BCUT2D eigenvalue weighted by Gasteiger charge is 2.34. The van der Waals surface area contributed by atoms with Crippen LogP contribution in [0.25, 0.3) is 10.2 Å². The molecule has 3 rings (SSSR count). The van der Waals surface area contributed by atoms with Gasteiger partial charge in [-0.15, -0.1) is 11.3 Å². The molecule has 0 aromatic carbocycles. The summed E-state index contributed by atoms with van der Waals surface area (Å²) in [5, 5.41) is 6.34. The van der Waals surface area contributed by atoms with E-state index < -0.39 is 0 Å². The van der Waals surface area contributed by atoms with E-state index in [1.807, 2.05) is 6.92 Å². The van der Waals surface area contributed by atoms with Crippen LogP contribution in [0.5, 0.6) is 0 Å². The van der Waals surface area contributed by atoms with Crippen molar-refractivity contribution in [2.45, 2.75) is 19.1 Å². The van der Waals surface area contributed by atoms with Gasteiger partial charge in [0.2, 0.25) is 5.95 Å². The number of ether oxygens (including phenoxy) is 2. The smallest absolute Gasteiger partial charge is 0.226 e. The van der Waals surface area contributed by atoms with Gasteiger partial charge >= 0.3 is 0 Å². The van der Waals surface area contributed by atoms with Crippen molar-refractivity contribution >= 4 is 33.3 Å². The Balaban J connectivity index is 1.97.